The summed E-state index contributed by atoms with van der Waals surface area (Å²) in [7, 11) is -3.49. The summed E-state index contributed by atoms with van der Waals surface area (Å²) in [5.74, 6) is 0.0698. The van der Waals surface area contributed by atoms with E-state index in [0.29, 0.717) is 31.2 Å². The molecule has 2 aliphatic heterocycles. The lowest BCUT2D eigenvalue weighted by Crippen LogP contribution is -2.52. The van der Waals surface area contributed by atoms with E-state index in [-0.39, 0.29) is 18.2 Å². The number of morpholine rings is 1. The fraction of sp³-hybridized carbons (Fsp3) is 0.588. The van der Waals surface area contributed by atoms with E-state index in [0.717, 1.165) is 19.6 Å². The van der Waals surface area contributed by atoms with E-state index in [9.17, 15) is 13.2 Å². The normalized spacial score (nSPS) is 21.0. The number of ether oxygens (including phenoxy) is 2. The van der Waals surface area contributed by atoms with E-state index in [1.54, 1.807) is 31.2 Å². The molecule has 0 bridgehead atoms. The first-order valence-electron chi connectivity index (χ1n) is 8.85. The van der Waals surface area contributed by atoms with Gasteiger partial charge < -0.3 is 14.8 Å². The van der Waals surface area contributed by atoms with Crippen LogP contribution in [-0.4, -0.2) is 77.0 Å². The smallest absolute Gasteiger partial charge is 0.263 e. The largest absolute Gasteiger partial charge is 0.476 e. The number of sulfonamides is 1. The van der Waals surface area contributed by atoms with E-state index >= 15 is 0 Å². The summed E-state index contributed by atoms with van der Waals surface area (Å²) in [4.78, 5) is 14.7. The molecule has 9 heteroatoms. The average Bonchev–Trinajstić information content (AvgIpc) is 2.67. The van der Waals surface area contributed by atoms with Gasteiger partial charge in [-0.05, 0) is 19.1 Å². The topological polar surface area (TPSA) is 88.2 Å². The van der Waals surface area contributed by atoms with Crippen LogP contribution in [0.4, 0.5) is 5.69 Å². The van der Waals surface area contributed by atoms with Crippen molar-refractivity contribution in [2.24, 2.45) is 0 Å². The fourth-order valence-electron chi connectivity index (χ4n) is 3.03. The van der Waals surface area contributed by atoms with Crippen molar-refractivity contribution < 1.29 is 22.7 Å². The van der Waals surface area contributed by atoms with Crippen LogP contribution in [0.1, 0.15) is 6.92 Å². The molecule has 1 N–H and O–H groups in total. The van der Waals surface area contributed by atoms with E-state index in [4.69, 9.17) is 9.47 Å². The Kier molecular flexibility index (Phi) is 6.00. The quantitative estimate of drug-likeness (QED) is 0.747. The average molecular weight is 383 g/mol. The summed E-state index contributed by atoms with van der Waals surface area (Å²) in [6.45, 7) is 5.91. The van der Waals surface area contributed by atoms with Crippen LogP contribution >= 0.6 is 0 Å². The van der Waals surface area contributed by atoms with Crippen molar-refractivity contribution >= 4 is 21.6 Å². The molecular formula is C17H25N3O5S. The molecule has 0 spiro atoms. The number of hydrogen-bond acceptors (Lipinski definition) is 6. The Morgan fingerprint density at radius 3 is 2.73 bits per heavy atom. The maximum atomic E-state index is 12.5. The number of hydrogen-bond donors (Lipinski definition) is 1. The molecule has 2 heterocycles. The van der Waals surface area contributed by atoms with Gasteiger partial charge in [-0.15, -0.1) is 0 Å². The number of carbonyl (C=O) groups is 1. The molecule has 0 aromatic heterocycles. The molecule has 0 aliphatic carbocycles. The number of para-hydroxylation sites is 2. The van der Waals surface area contributed by atoms with E-state index in [1.165, 1.54) is 4.31 Å². The van der Waals surface area contributed by atoms with Gasteiger partial charge in [0.15, 0.2) is 6.10 Å². The second kappa shape index (κ2) is 8.24. The number of anilines is 1. The first-order chi connectivity index (χ1) is 12.5. The van der Waals surface area contributed by atoms with Crippen molar-refractivity contribution in [3.05, 3.63) is 24.3 Å². The number of carbonyl (C=O) groups excluding carboxylic acids is 1. The van der Waals surface area contributed by atoms with Crippen LogP contribution in [0.2, 0.25) is 0 Å². The number of fused-ring (bicyclic) bond motifs is 1. The lowest BCUT2D eigenvalue weighted by atomic mass is 10.2. The minimum absolute atomic E-state index is 0.0173. The molecule has 1 fully saturated rings. The first-order valence-corrected chi connectivity index (χ1v) is 10.5. The van der Waals surface area contributed by atoms with Crippen LogP contribution in [0.5, 0.6) is 5.75 Å². The monoisotopic (exact) mass is 383 g/mol. The summed E-state index contributed by atoms with van der Waals surface area (Å²) < 4.78 is 37.2. The highest BCUT2D eigenvalue weighted by molar-refractivity contribution is 7.92. The lowest BCUT2D eigenvalue weighted by Gasteiger charge is -2.34. The van der Waals surface area contributed by atoms with Crippen LogP contribution in [0.3, 0.4) is 0 Å². The SMILES string of the molecule is CCS(=O)(=O)N1CC(C(=O)NCCN2CCOCC2)Oc2ccccc21. The van der Waals surface area contributed by atoms with Gasteiger partial charge in [-0.2, -0.15) is 0 Å². The third-order valence-corrected chi connectivity index (χ3v) is 6.31. The van der Waals surface area contributed by atoms with Crippen molar-refractivity contribution in [1.29, 1.82) is 0 Å². The van der Waals surface area contributed by atoms with Crippen molar-refractivity contribution in [1.82, 2.24) is 10.2 Å². The van der Waals surface area contributed by atoms with Crippen LogP contribution < -0.4 is 14.4 Å². The van der Waals surface area contributed by atoms with Gasteiger partial charge in [-0.3, -0.25) is 14.0 Å². The molecule has 1 aromatic carbocycles. The number of nitrogens with zero attached hydrogens (tertiary/aromatic N) is 2. The Bertz CT molecular complexity index is 734. The summed E-state index contributed by atoms with van der Waals surface area (Å²) in [5, 5.41) is 2.85. The molecular weight excluding hydrogens is 358 g/mol. The van der Waals surface area contributed by atoms with Gasteiger partial charge in [0.1, 0.15) is 5.75 Å². The Hall–Kier alpha value is -1.84. The maximum absolute atomic E-state index is 12.5. The third-order valence-electron chi connectivity index (χ3n) is 4.56. The van der Waals surface area contributed by atoms with E-state index in [1.807, 2.05) is 0 Å². The molecule has 1 unspecified atom stereocenters. The van der Waals surface area contributed by atoms with Crippen molar-refractivity contribution in [2.45, 2.75) is 13.0 Å². The Morgan fingerprint density at radius 2 is 2.00 bits per heavy atom. The lowest BCUT2D eigenvalue weighted by molar-refractivity contribution is -0.127. The number of rotatable bonds is 6. The Morgan fingerprint density at radius 1 is 1.27 bits per heavy atom. The van der Waals surface area contributed by atoms with Gasteiger partial charge >= 0.3 is 0 Å². The fourth-order valence-corrected chi connectivity index (χ4v) is 4.16. The van der Waals surface area contributed by atoms with Gasteiger partial charge in [-0.25, -0.2) is 8.42 Å². The predicted molar refractivity (Wildman–Crippen MR) is 97.9 cm³/mol. The molecule has 8 nitrogen and oxygen atoms in total. The van der Waals surface area contributed by atoms with Gasteiger partial charge in [0.25, 0.3) is 5.91 Å². The molecule has 1 saturated heterocycles. The molecule has 1 amide bonds. The summed E-state index contributed by atoms with van der Waals surface area (Å²) in [6, 6.07) is 6.88. The van der Waals surface area contributed by atoms with Crippen LogP contribution in [0, 0.1) is 0 Å². The summed E-state index contributed by atoms with van der Waals surface area (Å²) in [5.41, 5.74) is 0.478. The molecule has 144 valence electrons. The highest BCUT2D eigenvalue weighted by Gasteiger charge is 2.35. The molecule has 1 aromatic rings. The second-order valence-corrected chi connectivity index (χ2v) is 8.43. The second-order valence-electron chi connectivity index (χ2n) is 6.25. The molecule has 0 radical (unpaired) electrons. The predicted octanol–water partition coefficient (Wildman–Crippen LogP) is 0.0521. The van der Waals surface area contributed by atoms with Crippen LogP contribution in [0.25, 0.3) is 0 Å². The first kappa shape index (κ1) is 18.9. The van der Waals surface area contributed by atoms with Crippen molar-refractivity contribution in [3.8, 4) is 5.75 Å². The zero-order valence-electron chi connectivity index (χ0n) is 14.9. The Balaban J connectivity index is 1.64. The highest BCUT2D eigenvalue weighted by Crippen LogP contribution is 2.34. The minimum atomic E-state index is -3.49. The van der Waals surface area contributed by atoms with Gasteiger partial charge in [-0.1, -0.05) is 12.1 Å². The number of amides is 1. The van der Waals surface area contributed by atoms with Crippen LogP contribution in [-0.2, 0) is 19.6 Å². The summed E-state index contributed by atoms with van der Waals surface area (Å²) in [6.07, 6.45) is -0.865. The zero-order chi connectivity index (χ0) is 18.6. The minimum Gasteiger partial charge on any atom is -0.476 e. The summed E-state index contributed by atoms with van der Waals surface area (Å²) >= 11 is 0. The molecule has 0 saturated carbocycles. The third kappa shape index (κ3) is 4.28. The van der Waals surface area contributed by atoms with Crippen molar-refractivity contribution in [3.63, 3.8) is 0 Å². The molecule has 1 atom stereocenters. The van der Waals surface area contributed by atoms with Gasteiger partial charge in [0, 0.05) is 26.2 Å². The number of nitrogens with one attached hydrogen (secondary N) is 1. The zero-order valence-corrected chi connectivity index (χ0v) is 15.7. The van der Waals surface area contributed by atoms with Gasteiger partial charge in [0.2, 0.25) is 10.0 Å². The molecule has 2 aliphatic rings. The molecule has 26 heavy (non-hydrogen) atoms. The van der Waals surface area contributed by atoms with E-state index < -0.39 is 16.1 Å². The maximum Gasteiger partial charge on any atom is 0.263 e. The molecule has 3 rings (SSSR count). The van der Waals surface area contributed by atoms with E-state index in [2.05, 4.69) is 10.2 Å². The van der Waals surface area contributed by atoms with Crippen molar-refractivity contribution in [2.75, 3.05) is 56.0 Å². The standard InChI is InChI=1S/C17H25N3O5S/c1-2-26(22,23)20-13-16(25-15-6-4-3-5-14(15)20)17(21)18-7-8-19-9-11-24-12-10-19/h3-6,16H,2,7-13H2,1H3,(H,18,21). The van der Waals surface area contributed by atoms with Gasteiger partial charge in [0.05, 0.1) is 31.2 Å². The highest BCUT2D eigenvalue weighted by atomic mass is 32.2. The van der Waals surface area contributed by atoms with Crippen LogP contribution in [0.15, 0.2) is 24.3 Å². The number of benzene rings is 1. The Labute approximate surface area is 154 Å².